The quantitative estimate of drug-likeness (QED) is 0.880. The topological polar surface area (TPSA) is 24.9 Å². The van der Waals surface area contributed by atoms with Crippen molar-refractivity contribution in [3.63, 3.8) is 0 Å². The second kappa shape index (κ2) is 5.60. The molecule has 1 N–H and O–H groups in total. The van der Waals surface area contributed by atoms with Gasteiger partial charge in [-0.25, -0.2) is 9.37 Å². The van der Waals surface area contributed by atoms with E-state index in [0.717, 1.165) is 20.3 Å². The smallest absolute Gasteiger partial charge is 0.140 e. The molecule has 5 heteroatoms. The van der Waals surface area contributed by atoms with Gasteiger partial charge in [0.25, 0.3) is 0 Å². The molecule has 0 atom stereocenters. The number of hydrogen-bond donors (Lipinski definition) is 1. The standard InChI is InChI=1S/C12H9Br2FN2/c13-10-4-3-9(15)6-8(10)7-17-12-11(14)2-1-5-16-12/h1-6H,7H2,(H,16,17). The van der Waals surface area contributed by atoms with Gasteiger partial charge in [-0.05, 0) is 51.8 Å². The highest BCUT2D eigenvalue weighted by atomic mass is 79.9. The van der Waals surface area contributed by atoms with E-state index < -0.39 is 0 Å². The molecule has 0 saturated heterocycles. The molecule has 2 rings (SSSR count). The Balaban J connectivity index is 2.12. The molecule has 1 aromatic heterocycles. The molecule has 0 bridgehead atoms. The molecule has 88 valence electrons. The number of hydrogen-bond acceptors (Lipinski definition) is 2. The molecule has 0 saturated carbocycles. The van der Waals surface area contributed by atoms with Crippen LogP contribution in [0.25, 0.3) is 0 Å². The van der Waals surface area contributed by atoms with E-state index in [4.69, 9.17) is 0 Å². The zero-order chi connectivity index (χ0) is 12.3. The second-order valence-electron chi connectivity index (χ2n) is 3.42. The van der Waals surface area contributed by atoms with Crippen molar-refractivity contribution in [2.75, 3.05) is 5.32 Å². The maximum Gasteiger partial charge on any atom is 0.140 e. The first kappa shape index (κ1) is 12.5. The Kier molecular flexibility index (Phi) is 4.12. The Morgan fingerprint density at radius 2 is 2.00 bits per heavy atom. The average Bonchev–Trinajstić information content (AvgIpc) is 2.32. The summed E-state index contributed by atoms with van der Waals surface area (Å²) in [5.41, 5.74) is 0.850. The van der Waals surface area contributed by atoms with E-state index in [2.05, 4.69) is 42.2 Å². The molecule has 0 unspecified atom stereocenters. The lowest BCUT2D eigenvalue weighted by Crippen LogP contribution is -2.02. The van der Waals surface area contributed by atoms with Gasteiger partial charge in [0.05, 0.1) is 4.47 Å². The summed E-state index contributed by atoms with van der Waals surface area (Å²) in [6.07, 6.45) is 1.70. The van der Waals surface area contributed by atoms with Gasteiger partial charge < -0.3 is 5.32 Å². The van der Waals surface area contributed by atoms with E-state index in [9.17, 15) is 4.39 Å². The van der Waals surface area contributed by atoms with Crippen LogP contribution in [0.4, 0.5) is 10.2 Å². The third-order valence-electron chi connectivity index (χ3n) is 2.21. The summed E-state index contributed by atoms with van der Waals surface area (Å²) in [6.45, 7) is 0.508. The van der Waals surface area contributed by atoms with Crippen LogP contribution in [-0.4, -0.2) is 4.98 Å². The molecule has 0 aliphatic heterocycles. The van der Waals surface area contributed by atoms with Crippen molar-refractivity contribution in [2.24, 2.45) is 0 Å². The fraction of sp³-hybridized carbons (Fsp3) is 0.0833. The molecule has 2 nitrogen and oxygen atoms in total. The molecular weight excluding hydrogens is 351 g/mol. The molecule has 0 aliphatic carbocycles. The molecule has 2 aromatic rings. The van der Waals surface area contributed by atoms with Crippen molar-refractivity contribution in [1.29, 1.82) is 0 Å². The van der Waals surface area contributed by atoms with E-state index in [1.165, 1.54) is 12.1 Å². The Morgan fingerprint density at radius 1 is 1.18 bits per heavy atom. The molecule has 1 heterocycles. The van der Waals surface area contributed by atoms with Gasteiger partial charge in [-0.15, -0.1) is 0 Å². The summed E-state index contributed by atoms with van der Waals surface area (Å²) >= 11 is 6.78. The monoisotopic (exact) mass is 358 g/mol. The maximum atomic E-state index is 13.1. The number of anilines is 1. The molecule has 0 aliphatic rings. The molecular formula is C12H9Br2FN2. The van der Waals surface area contributed by atoms with Gasteiger partial charge >= 0.3 is 0 Å². The fourth-order valence-electron chi connectivity index (χ4n) is 1.37. The van der Waals surface area contributed by atoms with E-state index in [0.29, 0.717) is 6.54 Å². The second-order valence-corrected chi connectivity index (χ2v) is 5.13. The van der Waals surface area contributed by atoms with E-state index in [1.807, 2.05) is 12.1 Å². The minimum atomic E-state index is -0.245. The Labute approximate surface area is 116 Å². The molecule has 1 aromatic carbocycles. The van der Waals surface area contributed by atoms with Crippen LogP contribution in [0, 0.1) is 5.82 Å². The van der Waals surface area contributed by atoms with Crippen LogP contribution < -0.4 is 5.32 Å². The summed E-state index contributed by atoms with van der Waals surface area (Å²) in [6, 6.07) is 8.35. The normalized spacial score (nSPS) is 10.3. The van der Waals surface area contributed by atoms with Gasteiger partial charge in [0.15, 0.2) is 0 Å². The third kappa shape index (κ3) is 3.26. The van der Waals surface area contributed by atoms with Gasteiger partial charge in [-0.3, -0.25) is 0 Å². The van der Waals surface area contributed by atoms with Crippen LogP contribution in [0.15, 0.2) is 45.5 Å². The fourth-order valence-corrected chi connectivity index (χ4v) is 2.16. The number of aromatic nitrogens is 1. The third-order valence-corrected chi connectivity index (χ3v) is 3.63. The predicted molar refractivity (Wildman–Crippen MR) is 73.4 cm³/mol. The summed E-state index contributed by atoms with van der Waals surface area (Å²) in [5, 5.41) is 3.14. The number of nitrogens with zero attached hydrogens (tertiary/aromatic N) is 1. The van der Waals surface area contributed by atoms with Gasteiger partial charge in [0, 0.05) is 17.2 Å². The summed E-state index contributed by atoms with van der Waals surface area (Å²) in [7, 11) is 0. The first-order valence-electron chi connectivity index (χ1n) is 4.95. The minimum Gasteiger partial charge on any atom is -0.365 e. The maximum absolute atomic E-state index is 13.1. The highest BCUT2D eigenvalue weighted by Crippen LogP contribution is 2.22. The van der Waals surface area contributed by atoms with Crippen molar-refractivity contribution < 1.29 is 4.39 Å². The van der Waals surface area contributed by atoms with Gasteiger partial charge in [-0.1, -0.05) is 15.9 Å². The van der Waals surface area contributed by atoms with Crippen LogP contribution >= 0.6 is 31.9 Å². The van der Waals surface area contributed by atoms with Crippen molar-refractivity contribution in [3.8, 4) is 0 Å². The highest BCUT2D eigenvalue weighted by molar-refractivity contribution is 9.10. The lowest BCUT2D eigenvalue weighted by Gasteiger charge is -2.08. The van der Waals surface area contributed by atoms with Crippen LogP contribution in [-0.2, 0) is 6.54 Å². The van der Waals surface area contributed by atoms with Crippen molar-refractivity contribution in [3.05, 3.63) is 56.9 Å². The van der Waals surface area contributed by atoms with Crippen molar-refractivity contribution in [2.45, 2.75) is 6.54 Å². The highest BCUT2D eigenvalue weighted by Gasteiger charge is 2.04. The minimum absolute atomic E-state index is 0.245. The average molecular weight is 360 g/mol. The summed E-state index contributed by atoms with van der Waals surface area (Å²) < 4.78 is 14.8. The van der Waals surface area contributed by atoms with Crippen LogP contribution in [0.3, 0.4) is 0 Å². The Hall–Kier alpha value is -0.940. The SMILES string of the molecule is Fc1ccc(Br)c(CNc2ncccc2Br)c1. The van der Waals surface area contributed by atoms with E-state index in [-0.39, 0.29) is 5.82 Å². The first-order valence-corrected chi connectivity index (χ1v) is 6.54. The zero-order valence-corrected chi connectivity index (χ0v) is 11.9. The largest absolute Gasteiger partial charge is 0.365 e. The first-order chi connectivity index (χ1) is 8.16. The van der Waals surface area contributed by atoms with Crippen LogP contribution in [0.5, 0.6) is 0 Å². The molecule has 0 spiro atoms. The number of rotatable bonds is 3. The lowest BCUT2D eigenvalue weighted by atomic mass is 10.2. The predicted octanol–water partition coefficient (Wildman–Crippen LogP) is 4.36. The van der Waals surface area contributed by atoms with Crippen molar-refractivity contribution in [1.82, 2.24) is 4.98 Å². The lowest BCUT2D eigenvalue weighted by molar-refractivity contribution is 0.625. The Morgan fingerprint density at radius 3 is 2.76 bits per heavy atom. The van der Waals surface area contributed by atoms with Crippen LogP contribution in [0.1, 0.15) is 5.56 Å². The number of nitrogens with one attached hydrogen (secondary N) is 1. The van der Waals surface area contributed by atoms with Gasteiger partial charge in [0.2, 0.25) is 0 Å². The molecule has 0 amide bonds. The summed E-state index contributed by atoms with van der Waals surface area (Å²) in [4.78, 5) is 4.18. The number of pyridine rings is 1. The molecule has 0 fully saturated rings. The van der Waals surface area contributed by atoms with E-state index in [1.54, 1.807) is 12.3 Å². The van der Waals surface area contributed by atoms with E-state index >= 15 is 0 Å². The van der Waals surface area contributed by atoms with Crippen molar-refractivity contribution >= 4 is 37.7 Å². The number of benzene rings is 1. The van der Waals surface area contributed by atoms with Gasteiger partial charge in [-0.2, -0.15) is 0 Å². The number of halogens is 3. The summed E-state index contributed by atoms with van der Waals surface area (Å²) in [5.74, 6) is 0.494. The molecule has 0 radical (unpaired) electrons. The van der Waals surface area contributed by atoms with Crippen LogP contribution in [0.2, 0.25) is 0 Å². The molecule has 17 heavy (non-hydrogen) atoms. The Bertz CT molecular complexity index is 532. The zero-order valence-electron chi connectivity index (χ0n) is 8.75. The van der Waals surface area contributed by atoms with Gasteiger partial charge in [0.1, 0.15) is 11.6 Å².